The lowest BCUT2D eigenvalue weighted by molar-refractivity contribution is 0.453. The zero-order valence-corrected chi connectivity index (χ0v) is 17.7. The molecule has 0 aliphatic heterocycles. The van der Waals surface area contributed by atoms with E-state index in [0.717, 1.165) is 24.1 Å². The summed E-state index contributed by atoms with van der Waals surface area (Å²) in [5.74, 6) is 0. The standard InChI is InChI=1S/C27H33N/c1-7-10-12-25-19-22(15-16-23(25)8-2)20-28(6)18-17-27-24(9-3)13-11-14-26(27)21(4)5/h8-9,11,13-19H,2-4,7,10,12,20H2,1,5-6H3/b18-17-. The number of benzene rings is 2. The van der Waals surface area contributed by atoms with Crippen molar-refractivity contribution in [2.45, 2.75) is 39.7 Å². The van der Waals surface area contributed by atoms with Gasteiger partial charge in [0.25, 0.3) is 0 Å². The van der Waals surface area contributed by atoms with Crippen molar-refractivity contribution >= 4 is 23.8 Å². The van der Waals surface area contributed by atoms with E-state index in [2.05, 4.69) is 87.3 Å². The normalized spacial score (nSPS) is 10.8. The van der Waals surface area contributed by atoms with Gasteiger partial charge >= 0.3 is 0 Å². The second kappa shape index (κ2) is 10.5. The van der Waals surface area contributed by atoms with E-state index in [1.807, 2.05) is 19.1 Å². The quantitative estimate of drug-likeness (QED) is 0.419. The van der Waals surface area contributed by atoms with E-state index in [0.29, 0.717) is 0 Å². The SMILES string of the molecule is C=Cc1ccc(CN(C)/C=C\c2c(C=C)cccc2C(=C)C)cc1CCCC. The van der Waals surface area contributed by atoms with E-state index in [9.17, 15) is 0 Å². The summed E-state index contributed by atoms with van der Waals surface area (Å²) >= 11 is 0. The van der Waals surface area contributed by atoms with E-state index >= 15 is 0 Å². The third-order valence-electron chi connectivity index (χ3n) is 4.97. The van der Waals surface area contributed by atoms with Gasteiger partial charge in [-0.05, 0) is 65.4 Å². The van der Waals surface area contributed by atoms with Crippen LogP contribution in [0.25, 0.3) is 23.8 Å². The molecule has 0 spiro atoms. The maximum absolute atomic E-state index is 4.12. The Kier molecular flexibility index (Phi) is 8.07. The van der Waals surface area contributed by atoms with Gasteiger partial charge in [-0.1, -0.05) is 87.2 Å². The van der Waals surface area contributed by atoms with Crippen LogP contribution < -0.4 is 0 Å². The molecule has 1 heteroatoms. The zero-order valence-electron chi connectivity index (χ0n) is 17.7. The largest absolute Gasteiger partial charge is 0.376 e. The lowest BCUT2D eigenvalue weighted by Crippen LogP contribution is -2.10. The van der Waals surface area contributed by atoms with Crippen molar-refractivity contribution in [1.82, 2.24) is 4.90 Å². The van der Waals surface area contributed by atoms with Crippen LogP contribution in [0.1, 0.15) is 60.1 Å². The predicted octanol–water partition coefficient (Wildman–Crippen LogP) is 7.45. The molecule has 0 aliphatic carbocycles. The van der Waals surface area contributed by atoms with Gasteiger partial charge in [-0.15, -0.1) is 0 Å². The van der Waals surface area contributed by atoms with Gasteiger partial charge in [0.15, 0.2) is 0 Å². The summed E-state index contributed by atoms with van der Waals surface area (Å²) in [6, 6.07) is 13.0. The second-order valence-electron chi connectivity index (χ2n) is 7.36. The van der Waals surface area contributed by atoms with Gasteiger partial charge < -0.3 is 4.90 Å². The van der Waals surface area contributed by atoms with Gasteiger partial charge in [0.1, 0.15) is 0 Å². The van der Waals surface area contributed by atoms with Crippen LogP contribution in [0.4, 0.5) is 0 Å². The summed E-state index contributed by atoms with van der Waals surface area (Å²) < 4.78 is 0. The van der Waals surface area contributed by atoms with Gasteiger partial charge in [-0.25, -0.2) is 0 Å². The molecule has 28 heavy (non-hydrogen) atoms. The molecule has 0 bridgehead atoms. The first kappa shape index (κ1) is 21.5. The number of nitrogens with zero attached hydrogens (tertiary/aromatic N) is 1. The molecule has 0 N–H and O–H groups in total. The van der Waals surface area contributed by atoms with Crippen LogP contribution in [-0.4, -0.2) is 11.9 Å². The van der Waals surface area contributed by atoms with Crippen LogP contribution in [-0.2, 0) is 13.0 Å². The Morgan fingerprint density at radius 1 is 1.07 bits per heavy atom. The lowest BCUT2D eigenvalue weighted by Gasteiger charge is -2.17. The predicted molar refractivity (Wildman–Crippen MR) is 127 cm³/mol. The molecule has 0 radical (unpaired) electrons. The van der Waals surface area contributed by atoms with Gasteiger partial charge in [0.05, 0.1) is 0 Å². The molecular formula is C27H33N. The van der Waals surface area contributed by atoms with Gasteiger partial charge in [0, 0.05) is 13.6 Å². The van der Waals surface area contributed by atoms with Crippen molar-refractivity contribution < 1.29 is 0 Å². The van der Waals surface area contributed by atoms with Crippen molar-refractivity contribution in [3.8, 4) is 0 Å². The van der Waals surface area contributed by atoms with Gasteiger partial charge in [-0.3, -0.25) is 0 Å². The highest BCUT2D eigenvalue weighted by Gasteiger charge is 2.06. The Hall–Kier alpha value is -2.80. The summed E-state index contributed by atoms with van der Waals surface area (Å²) in [5, 5.41) is 0. The van der Waals surface area contributed by atoms with Crippen molar-refractivity contribution in [2.75, 3.05) is 7.05 Å². The van der Waals surface area contributed by atoms with E-state index < -0.39 is 0 Å². The number of rotatable bonds is 10. The minimum absolute atomic E-state index is 0.867. The summed E-state index contributed by atoms with van der Waals surface area (Å²) in [4.78, 5) is 2.22. The molecule has 2 aromatic rings. The maximum Gasteiger partial charge on any atom is 0.0420 e. The minimum Gasteiger partial charge on any atom is -0.376 e. The number of unbranched alkanes of at least 4 members (excludes halogenated alkanes) is 1. The van der Waals surface area contributed by atoms with Crippen LogP contribution in [0.3, 0.4) is 0 Å². The fourth-order valence-corrected chi connectivity index (χ4v) is 3.40. The summed E-state index contributed by atoms with van der Waals surface area (Å²) in [5.41, 5.74) is 8.49. The topological polar surface area (TPSA) is 3.24 Å². The van der Waals surface area contributed by atoms with Crippen LogP contribution in [0, 0.1) is 0 Å². The molecule has 0 saturated carbocycles. The van der Waals surface area contributed by atoms with Gasteiger partial charge in [0.2, 0.25) is 0 Å². The van der Waals surface area contributed by atoms with Crippen LogP contribution >= 0.6 is 0 Å². The van der Waals surface area contributed by atoms with E-state index in [4.69, 9.17) is 0 Å². The highest BCUT2D eigenvalue weighted by molar-refractivity contribution is 5.77. The summed E-state index contributed by atoms with van der Waals surface area (Å²) in [6.07, 6.45) is 11.7. The Bertz CT molecular complexity index is 870. The molecular weight excluding hydrogens is 338 g/mol. The molecule has 146 valence electrons. The first-order valence-electron chi connectivity index (χ1n) is 10.0. The van der Waals surface area contributed by atoms with E-state index in [1.54, 1.807) is 0 Å². The third-order valence-corrected chi connectivity index (χ3v) is 4.97. The molecule has 0 atom stereocenters. The number of allylic oxidation sites excluding steroid dienone is 1. The number of aryl methyl sites for hydroxylation is 1. The molecule has 2 aromatic carbocycles. The Morgan fingerprint density at radius 3 is 2.46 bits per heavy atom. The Balaban J connectivity index is 2.21. The average Bonchev–Trinajstić information content (AvgIpc) is 2.70. The van der Waals surface area contributed by atoms with Gasteiger partial charge in [-0.2, -0.15) is 0 Å². The molecule has 1 nitrogen and oxygen atoms in total. The zero-order chi connectivity index (χ0) is 20.5. The highest BCUT2D eigenvalue weighted by atomic mass is 15.1. The molecule has 0 fully saturated rings. The fraction of sp³-hybridized carbons (Fsp3) is 0.259. The Morgan fingerprint density at radius 2 is 1.82 bits per heavy atom. The number of hydrogen-bond donors (Lipinski definition) is 0. The average molecular weight is 372 g/mol. The Labute approximate surface area is 171 Å². The molecule has 0 saturated heterocycles. The van der Waals surface area contributed by atoms with Crippen molar-refractivity contribution in [3.63, 3.8) is 0 Å². The summed E-state index contributed by atoms with van der Waals surface area (Å²) in [6.45, 7) is 17.2. The van der Waals surface area contributed by atoms with Crippen molar-refractivity contribution in [2.24, 2.45) is 0 Å². The molecule has 2 rings (SSSR count). The first-order chi connectivity index (χ1) is 13.5. The van der Waals surface area contributed by atoms with E-state index in [1.165, 1.54) is 40.7 Å². The van der Waals surface area contributed by atoms with Crippen LogP contribution in [0.2, 0.25) is 0 Å². The summed E-state index contributed by atoms with van der Waals surface area (Å²) in [7, 11) is 2.11. The van der Waals surface area contributed by atoms with Crippen LogP contribution in [0.5, 0.6) is 0 Å². The first-order valence-corrected chi connectivity index (χ1v) is 10.0. The minimum atomic E-state index is 0.867. The van der Waals surface area contributed by atoms with Crippen molar-refractivity contribution in [1.29, 1.82) is 0 Å². The highest BCUT2D eigenvalue weighted by Crippen LogP contribution is 2.24. The number of hydrogen-bond acceptors (Lipinski definition) is 1. The van der Waals surface area contributed by atoms with Crippen LogP contribution in [0.15, 0.2) is 62.3 Å². The molecule has 0 amide bonds. The smallest absolute Gasteiger partial charge is 0.0420 e. The lowest BCUT2D eigenvalue weighted by atomic mass is 9.96. The van der Waals surface area contributed by atoms with Crippen molar-refractivity contribution in [3.05, 3.63) is 95.7 Å². The molecule has 0 heterocycles. The molecule has 0 aromatic heterocycles. The monoisotopic (exact) mass is 371 g/mol. The maximum atomic E-state index is 4.12. The third kappa shape index (κ3) is 5.60. The molecule has 0 aliphatic rings. The second-order valence-corrected chi connectivity index (χ2v) is 7.36. The molecule has 0 unspecified atom stereocenters. The van der Waals surface area contributed by atoms with E-state index in [-0.39, 0.29) is 0 Å². The fourth-order valence-electron chi connectivity index (χ4n) is 3.40.